The molecule has 1 aliphatic heterocycles. The van der Waals surface area contributed by atoms with E-state index < -0.39 is 12.8 Å². The quantitative estimate of drug-likeness (QED) is 0.681. The average molecular weight is 330 g/mol. The van der Waals surface area contributed by atoms with Gasteiger partial charge in [-0.1, -0.05) is 6.92 Å². The van der Waals surface area contributed by atoms with Crippen molar-refractivity contribution < 1.29 is 17.9 Å². The Morgan fingerprint density at radius 3 is 2.78 bits per heavy atom. The van der Waals surface area contributed by atoms with E-state index in [1.807, 2.05) is 4.90 Å². The highest BCUT2D eigenvalue weighted by Gasteiger charge is 2.28. The highest BCUT2D eigenvalue weighted by Crippen LogP contribution is 2.18. The minimum atomic E-state index is -4.38. The number of alkyl halides is 3. The third-order valence-electron chi connectivity index (χ3n) is 3.71. The van der Waals surface area contributed by atoms with Crippen molar-refractivity contribution in [3.05, 3.63) is 23.9 Å². The lowest BCUT2D eigenvalue weighted by atomic mass is 10.00. The van der Waals surface area contributed by atoms with E-state index in [4.69, 9.17) is 5.73 Å². The van der Waals surface area contributed by atoms with Crippen LogP contribution in [0.5, 0.6) is 5.88 Å². The van der Waals surface area contributed by atoms with Crippen molar-refractivity contribution in [2.24, 2.45) is 16.6 Å². The van der Waals surface area contributed by atoms with Gasteiger partial charge in [-0.05, 0) is 30.4 Å². The summed E-state index contributed by atoms with van der Waals surface area (Å²) in [6, 6.07) is 3.12. The van der Waals surface area contributed by atoms with E-state index in [0.717, 1.165) is 25.9 Å². The summed E-state index contributed by atoms with van der Waals surface area (Å²) < 4.78 is 41.0. The molecule has 1 fully saturated rings. The van der Waals surface area contributed by atoms with Crippen LogP contribution < -0.4 is 10.5 Å². The second kappa shape index (κ2) is 7.52. The molecule has 1 aromatic rings. The topological polar surface area (TPSA) is 63.7 Å². The van der Waals surface area contributed by atoms with Crippen LogP contribution >= 0.6 is 0 Å². The summed E-state index contributed by atoms with van der Waals surface area (Å²) in [4.78, 5) is 10.1. The molecule has 8 heteroatoms. The van der Waals surface area contributed by atoms with Crippen molar-refractivity contribution >= 4 is 5.96 Å². The number of aliphatic imine (C=N–C) groups is 1. The molecule has 1 aliphatic rings. The van der Waals surface area contributed by atoms with Crippen molar-refractivity contribution in [3.8, 4) is 5.88 Å². The Morgan fingerprint density at radius 1 is 1.43 bits per heavy atom. The molecule has 0 aliphatic carbocycles. The van der Waals surface area contributed by atoms with Crippen LogP contribution in [0.15, 0.2) is 23.3 Å². The van der Waals surface area contributed by atoms with Crippen LogP contribution in [0.4, 0.5) is 13.2 Å². The molecule has 0 bridgehead atoms. The molecule has 1 saturated heterocycles. The second-order valence-electron chi connectivity index (χ2n) is 5.75. The van der Waals surface area contributed by atoms with E-state index in [2.05, 4.69) is 21.6 Å². The lowest BCUT2D eigenvalue weighted by Crippen LogP contribution is -2.42. The average Bonchev–Trinajstić information content (AvgIpc) is 2.51. The fourth-order valence-electron chi connectivity index (χ4n) is 2.29. The monoisotopic (exact) mass is 330 g/mol. The van der Waals surface area contributed by atoms with Gasteiger partial charge in [0.1, 0.15) is 0 Å². The Balaban J connectivity index is 1.91. The molecule has 0 atom stereocenters. The van der Waals surface area contributed by atoms with Gasteiger partial charge in [0.15, 0.2) is 12.6 Å². The Labute approximate surface area is 133 Å². The number of guanidine groups is 1. The van der Waals surface area contributed by atoms with E-state index in [0.29, 0.717) is 17.4 Å². The summed E-state index contributed by atoms with van der Waals surface area (Å²) in [6.45, 7) is 2.90. The molecular formula is C15H21F3N4O. The molecule has 0 spiro atoms. The molecule has 128 valence electrons. The molecule has 0 unspecified atom stereocenters. The summed E-state index contributed by atoms with van der Waals surface area (Å²) in [5.41, 5.74) is 6.68. The lowest BCUT2D eigenvalue weighted by molar-refractivity contribution is -0.154. The smallest absolute Gasteiger partial charge is 0.422 e. The minimum absolute atomic E-state index is 0.0691. The van der Waals surface area contributed by atoms with Gasteiger partial charge in [0.2, 0.25) is 5.88 Å². The minimum Gasteiger partial charge on any atom is -0.468 e. The van der Waals surface area contributed by atoms with Crippen molar-refractivity contribution in [2.45, 2.75) is 32.5 Å². The Bertz CT molecular complexity index is 540. The summed E-state index contributed by atoms with van der Waals surface area (Å²) in [6.07, 6.45) is -0.817. The Morgan fingerprint density at radius 2 is 2.13 bits per heavy atom. The number of nitrogens with zero attached hydrogens (tertiary/aromatic N) is 3. The molecule has 2 rings (SSSR count). The first-order valence-corrected chi connectivity index (χ1v) is 7.53. The van der Waals surface area contributed by atoms with Crippen LogP contribution in [-0.2, 0) is 6.54 Å². The van der Waals surface area contributed by atoms with E-state index in [9.17, 15) is 13.2 Å². The zero-order valence-corrected chi connectivity index (χ0v) is 13.0. The van der Waals surface area contributed by atoms with Crippen LogP contribution in [0.3, 0.4) is 0 Å². The predicted octanol–water partition coefficient (Wildman–Crippen LogP) is 2.57. The summed E-state index contributed by atoms with van der Waals surface area (Å²) >= 11 is 0. The fraction of sp³-hybridized carbons (Fsp3) is 0.600. The first-order chi connectivity index (χ1) is 10.8. The number of ether oxygens (including phenoxy) is 1. The SMILES string of the molecule is CC1CCN(C(N)=NCc2ccnc(OCC(F)(F)F)c2)CC1. The molecule has 2 heterocycles. The molecule has 0 amide bonds. The first kappa shape index (κ1) is 17.4. The number of rotatable bonds is 4. The molecule has 5 nitrogen and oxygen atoms in total. The zero-order valence-electron chi connectivity index (χ0n) is 13.0. The summed E-state index contributed by atoms with van der Waals surface area (Å²) in [5.74, 6) is 1.10. The molecular weight excluding hydrogens is 309 g/mol. The van der Waals surface area contributed by atoms with E-state index in [1.54, 1.807) is 6.07 Å². The van der Waals surface area contributed by atoms with Gasteiger partial charge in [-0.3, -0.25) is 0 Å². The van der Waals surface area contributed by atoms with E-state index in [-0.39, 0.29) is 12.4 Å². The van der Waals surface area contributed by atoms with E-state index in [1.165, 1.54) is 12.3 Å². The van der Waals surface area contributed by atoms with Crippen LogP contribution in [-0.4, -0.2) is 41.7 Å². The van der Waals surface area contributed by atoms with Gasteiger partial charge in [-0.25, -0.2) is 9.98 Å². The number of hydrogen-bond acceptors (Lipinski definition) is 3. The number of hydrogen-bond donors (Lipinski definition) is 1. The molecule has 0 radical (unpaired) electrons. The highest BCUT2D eigenvalue weighted by molar-refractivity contribution is 5.78. The number of nitrogens with two attached hydrogens (primary N) is 1. The van der Waals surface area contributed by atoms with Gasteiger partial charge in [-0.2, -0.15) is 13.2 Å². The van der Waals surface area contributed by atoms with Crippen molar-refractivity contribution in [3.63, 3.8) is 0 Å². The van der Waals surface area contributed by atoms with Crippen LogP contribution in [0.25, 0.3) is 0 Å². The molecule has 1 aromatic heterocycles. The zero-order chi connectivity index (χ0) is 16.9. The largest absolute Gasteiger partial charge is 0.468 e. The Hall–Kier alpha value is -1.99. The molecule has 0 saturated carbocycles. The highest BCUT2D eigenvalue weighted by atomic mass is 19.4. The molecule has 0 aromatic carbocycles. The van der Waals surface area contributed by atoms with Crippen molar-refractivity contribution in [2.75, 3.05) is 19.7 Å². The van der Waals surface area contributed by atoms with Gasteiger partial charge < -0.3 is 15.4 Å². The second-order valence-corrected chi connectivity index (χ2v) is 5.75. The van der Waals surface area contributed by atoms with E-state index >= 15 is 0 Å². The molecule has 2 N–H and O–H groups in total. The number of likely N-dealkylation sites (tertiary alicyclic amines) is 1. The maximum atomic E-state index is 12.1. The van der Waals surface area contributed by atoms with Crippen LogP contribution in [0.2, 0.25) is 0 Å². The van der Waals surface area contributed by atoms with Crippen LogP contribution in [0, 0.1) is 5.92 Å². The number of piperidine rings is 1. The third kappa shape index (κ3) is 5.96. The predicted molar refractivity (Wildman–Crippen MR) is 81.1 cm³/mol. The third-order valence-corrected chi connectivity index (χ3v) is 3.71. The van der Waals surface area contributed by atoms with Gasteiger partial charge >= 0.3 is 6.18 Å². The Kier molecular flexibility index (Phi) is 5.68. The number of pyridine rings is 1. The van der Waals surface area contributed by atoms with Crippen molar-refractivity contribution in [1.82, 2.24) is 9.88 Å². The standard InChI is InChI=1S/C15H21F3N4O/c1-11-3-6-22(7-4-11)14(19)21-9-12-2-5-20-13(8-12)23-10-15(16,17)18/h2,5,8,11H,3-4,6-7,9-10H2,1H3,(H2,19,21). The van der Waals surface area contributed by atoms with Gasteiger partial charge in [0, 0.05) is 25.4 Å². The van der Waals surface area contributed by atoms with Gasteiger partial charge in [-0.15, -0.1) is 0 Å². The number of aromatic nitrogens is 1. The normalized spacial score (nSPS) is 17.4. The summed E-state index contributed by atoms with van der Waals surface area (Å²) in [5, 5.41) is 0. The lowest BCUT2D eigenvalue weighted by Gasteiger charge is -2.31. The maximum Gasteiger partial charge on any atom is 0.422 e. The maximum absolute atomic E-state index is 12.1. The van der Waals surface area contributed by atoms with Gasteiger partial charge in [0.05, 0.1) is 6.54 Å². The summed E-state index contributed by atoms with van der Waals surface area (Å²) in [7, 11) is 0. The number of halogens is 3. The van der Waals surface area contributed by atoms with Crippen LogP contribution in [0.1, 0.15) is 25.3 Å². The molecule has 23 heavy (non-hydrogen) atoms. The fourth-order valence-corrected chi connectivity index (χ4v) is 2.29. The van der Waals surface area contributed by atoms with Crippen molar-refractivity contribution in [1.29, 1.82) is 0 Å². The first-order valence-electron chi connectivity index (χ1n) is 7.53. The van der Waals surface area contributed by atoms with Gasteiger partial charge in [0.25, 0.3) is 0 Å².